The van der Waals surface area contributed by atoms with Crippen LogP contribution >= 0.6 is 0 Å². The first kappa shape index (κ1) is 37.8. The minimum Gasteiger partial charge on any atom is -0.449 e. The molecule has 0 saturated heterocycles. The lowest BCUT2D eigenvalue weighted by Crippen LogP contribution is -2.27. The lowest BCUT2D eigenvalue weighted by atomic mass is 9.98. The van der Waals surface area contributed by atoms with Crippen molar-refractivity contribution in [2.24, 2.45) is 0 Å². The van der Waals surface area contributed by atoms with Gasteiger partial charge in [0.05, 0.1) is 98.6 Å². The summed E-state index contributed by atoms with van der Waals surface area (Å²) in [5.74, 6) is 0.0552. The molecule has 0 atom stereocenters. The number of ether oxygens (including phenoxy) is 9. The summed E-state index contributed by atoms with van der Waals surface area (Å²) in [6.45, 7) is 12.7. The fraction of sp³-hybridized carbons (Fsp3) is 0.629. The summed E-state index contributed by atoms with van der Waals surface area (Å²) in [5, 5.41) is 2.80. The Bertz CT molecular complexity index is 1020. The fourth-order valence-corrected chi connectivity index (χ4v) is 4.78. The van der Waals surface area contributed by atoms with E-state index in [2.05, 4.69) is 29.6 Å². The predicted molar refractivity (Wildman–Crippen MR) is 175 cm³/mol. The van der Waals surface area contributed by atoms with Gasteiger partial charge in [0, 0.05) is 19.1 Å². The van der Waals surface area contributed by atoms with Gasteiger partial charge in [-0.05, 0) is 42.5 Å². The maximum atomic E-state index is 12.2. The molecule has 46 heavy (non-hydrogen) atoms. The normalized spacial score (nSPS) is 12.4. The molecule has 1 aliphatic rings. The number of benzene rings is 2. The Morgan fingerprint density at radius 3 is 1.41 bits per heavy atom. The van der Waals surface area contributed by atoms with Crippen molar-refractivity contribution in [1.29, 1.82) is 0 Å². The summed E-state index contributed by atoms with van der Waals surface area (Å²) >= 11 is 0. The molecule has 1 amide bonds. The number of carbonyl (C=O) groups is 1. The lowest BCUT2D eigenvalue weighted by molar-refractivity contribution is -0.0255. The SMILES string of the molecule is CC(C)OCCOCCOCCOCCOCCOCCOCCOCCCNC(=O)OCC1c2ccccc2-c2ccccc21. The molecule has 0 saturated carbocycles. The second kappa shape index (κ2) is 24.5. The van der Waals surface area contributed by atoms with Gasteiger partial charge in [-0.25, -0.2) is 4.79 Å². The van der Waals surface area contributed by atoms with Crippen LogP contribution in [0.1, 0.15) is 37.3 Å². The lowest BCUT2D eigenvalue weighted by Gasteiger charge is -2.14. The highest BCUT2D eigenvalue weighted by Gasteiger charge is 2.28. The minimum absolute atomic E-state index is 0.0552. The van der Waals surface area contributed by atoms with Crippen LogP contribution in [0.25, 0.3) is 11.1 Å². The van der Waals surface area contributed by atoms with Crippen LogP contribution in [0.15, 0.2) is 48.5 Å². The van der Waals surface area contributed by atoms with E-state index in [4.69, 9.17) is 42.6 Å². The minimum atomic E-state index is -0.411. The van der Waals surface area contributed by atoms with Gasteiger partial charge < -0.3 is 47.9 Å². The number of hydrogen-bond donors (Lipinski definition) is 1. The third-order valence-electron chi connectivity index (χ3n) is 6.99. The molecule has 0 aromatic heterocycles. The van der Waals surface area contributed by atoms with Crippen molar-refractivity contribution in [3.63, 3.8) is 0 Å². The quantitative estimate of drug-likeness (QED) is 0.133. The van der Waals surface area contributed by atoms with Crippen LogP contribution in [0.5, 0.6) is 0 Å². The second-order valence-electron chi connectivity index (χ2n) is 10.8. The largest absolute Gasteiger partial charge is 0.449 e. The maximum Gasteiger partial charge on any atom is 0.407 e. The van der Waals surface area contributed by atoms with E-state index in [1.54, 1.807) is 0 Å². The highest BCUT2D eigenvalue weighted by molar-refractivity contribution is 5.79. The molecule has 1 aliphatic carbocycles. The van der Waals surface area contributed by atoms with E-state index >= 15 is 0 Å². The summed E-state index contributed by atoms with van der Waals surface area (Å²) in [4.78, 5) is 12.2. The van der Waals surface area contributed by atoms with Gasteiger partial charge in [-0.2, -0.15) is 0 Å². The zero-order chi connectivity index (χ0) is 32.5. The Hall–Kier alpha value is -2.61. The summed E-state index contributed by atoms with van der Waals surface area (Å²) in [7, 11) is 0. The molecular weight excluding hydrogens is 594 g/mol. The van der Waals surface area contributed by atoms with Crippen LogP contribution < -0.4 is 5.32 Å². The van der Waals surface area contributed by atoms with E-state index in [1.807, 2.05) is 38.1 Å². The van der Waals surface area contributed by atoms with Crippen LogP contribution in [-0.2, 0) is 42.6 Å². The van der Waals surface area contributed by atoms with Gasteiger partial charge in [-0.1, -0.05) is 48.5 Å². The molecule has 0 heterocycles. The zero-order valence-corrected chi connectivity index (χ0v) is 27.6. The molecule has 11 heteroatoms. The van der Waals surface area contributed by atoms with Crippen molar-refractivity contribution in [1.82, 2.24) is 5.32 Å². The maximum absolute atomic E-state index is 12.2. The van der Waals surface area contributed by atoms with E-state index in [9.17, 15) is 4.79 Å². The Kier molecular flexibility index (Phi) is 20.2. The average molecular weight is 648 g/mol. The summed E-state index contributed by atoms with van der Waals surface area (Å²) in [6, 6.07) is 16.6. The second-order valence-corrected chi connectivity index (χ2v) is 10.8. The van der Waals surface area contributed by atoms with Crippen molar-refractivity contribution < 1.29 is 47.4 Å². The first-order chi connectivity index (χ1) is 22.7. The number of fused-ring (bicyclic) bond motifs is 3. The van der Waals surface area contributed by atoms with Crippen LogP contribution in [-0.4, -0.2) is 124 Å². The molecule has 258 valence electrons. The molecule has 0 aliphatic heterocycles. The van der Waals surface area contributed by atoms with Gasteiger partial charge in [-0.15, -0.1) is 0 Å². The molecule has 0 unspecified atom stereocenters. The Labute approximate surface area is 274 Å². The van der Waals surface area contributed by atoms with E-state index < -0.39 is 6.09 Å². The Balaban J connectivity index is 1.01. The van der Waals surface area contributed by atoms with Gasteiger partial charge in [-0.3, -0.25) is 0 Å². The monoisotopic (exact) mass is 647 g/mol. The van der Waals surface area contributed by atoms with Gasteiger partial charge in [0.1, 0.15) is 6.61 Å². The number of hydrogen-bond acceptors (Lipinski definition) is 10. The highest BCUT2D eigenvalue weighted by atomic mass is 16.6. The van der Waals surface area contributed by atoms with Crippen LogP contribution in [0.2, 0.25) is 0 Å². The molecular formula is C35H53NO10. The molecule has 0 fully saturated rings. The fourth-order valence-electron chi connectivity index (χ4n) is 4.78. The van der Waals surface area contributed by atoms with Crippen molar-refractivity contribution in [2.45, 2.75) is 32.3 Å². The molecule has 0 spiro atoms. The first-order valence-electron chi connectivity index (χ1n) is 16.4. The Morgan fingerprint density at radius 1 is 0.587 bits per heavy atom. The first-order valence-corrected chi connectivity index (χ1v) is 16.4. The molecule has 2 aromatic rings. The highest BCUT2D eigenvalue weighted by Crippen LogP contribution is 2.44. The van der Waals surface area contributed by atoms with E-state index in [0.29, 0.717) is 119 Å². The summed E-state index contributed by atoms with van der Waals surface area (Å²) in [5.41, 5.74) is 4.82. The van der Waals surface area contributed by atoms with Gasteiger partial charge in [0.15, 0.2) is 0 Å². The van der Waals surface area contributed by atoms with Crippen molar-refractivity contribution in [2.75, 3.05) is 112 Å². The van der Waals surface area contributed by atoms with E-state index in [-0.39, 0.29) is 12.0 Å². The molecule has 11 nitrogen and oxygen atoms in total. The number of nitrogens with one attached hydrogen (secondary N) is 1. The van der Waals surface area contributed by atoms with Crippen LogP contribution in [0, 0.1) is 0 Å². The zero-order valence-electron chi connectivity index (χ0n) is 27.6. The third kappa shape index (κ3) is 15.8. The van der Waals surface area contributed by atoms with Crippen molar-refractivity contribution >= 4 is 6.09 Å². The van der Waals surface area contributed by atoms with E-state index in [0.717, 1.165) is 0 Å². The van der Waals surface area contributed by atoms with E-state index in [1.165, 1.54) is 22.3 Å². The predicted octanol–water partition coefficient (Wildman–Crippen LogP) is 4.46. The molecule has 1 N–H and O–H groups in total. The average Bonchev–Trinajstić information content (AvgIpc) is 3.38. The van der Waals surface area contributed by atoms with Gasteiger partial charge >= 0.3 is 6.09 Å². The number of rotatable bonds is 28. The van der Waals surface area contributed by atoms with Gasteiger partial charge in [0.2, 0.25) is 0 Å². The van der Waals surface area contributed by atoms with Crippen LogP contribution in [0.4, 0.5) is 4.79 Å². The molecule has 2 aromatic carbocycles. The Morgan fingerprint density at radius 2 is 0.978 bits per heavy atom. The van der Waals surface area contributed by atoms with Crippen LogP contribution in [0.3, 0.4) is 0 Å². The molecule has 0 bridgehead atoms. The third-order valence-corrected chi connectivity index (χ3v) is 6.99. The number of carbonyl (C=O) groups excluding carboxylic acids is 1. The standard InChI is InChI=1S/C35H53NO10/c1-29(2)45-27-26-44-25-24-43-23-22-42-21-20-41-19-18-40-17-16-39-15-14-38-13-7-12-36-35(37)46-28-34-32-10-5-3-8-30(32)31-9-4-6-11-33(31)34/h3-6,8-11,29,34H,7,12-28H2,1-2H3,(H,36,37). The number of alkyl carbamates (subject to hydrolysis) is 1. The molecule has 3 rings (SSSR count). The van der Waals surface area contributed by atoms with Crippen molar-refractivity contribution in [3.8, 4) is 11.1 Å². The summed E-state index contributed by atoms with van der Waals surface area (Å²) in [6.07, 6.45) is 0.508. The number of amides is 1. The van der Waals surface area contributed by atoms with Gasteiger partial charge in [0.25, 0.3) is 0 Å². The molecule has 0 radical (unpaired) electrons. The smallest absolute Gasteiger partial charge is 0.407 e. The summed E-state index contributed by atoms with van der Waals surface area (Å²) < 4.78 is 49.3. The van der Waals surface area contributed by atoms with Crippen molar-refractivity contribution in [3.05, 3.63) is 59.7 Å². The topological polar surface area (TPSA) is 112 Å².